The third-order valence-corrected chi connectivity index (χ3v) is 7.56. The number of hydrogen-bond donors (Lipinski definition) is 4. The molecule has 7 heteroatoms. The molecule has 228 valence electrons. The predicted molar refractivity (Wildman–Crippen MR) is 161 cm³/mol. The van der Waals surface area contributed by atoms with Gasteiger partial charge in [0.15, 0.2) is 0 Å². The molecule has 0 spiro atoms. The molecule has 4 N–H and O–H groups in total. The zero-order valence-corrected chi connectivity index (χ0v) is 26.0. The first kappa shape index (κ1) is 34.2. The van der Waals surface area contributed by atoms with Crippen molar-refractivity contribution in [1.29, 1.82) is 0 Å². The zero-order chi connectivity index (χ0) is 29.9. The molecule has 40 heavy (non-hydrogen) atoms. The third kappa shape index (κ3) is 12.7. The number of esters is 1. The van der Waals surface area contributed by atoms with Crippen LogP contribution in [0.1, 0.15) is 105 Å². The normalized spacial score (nSPS) is 18.7. The van der Waals surface area contributed by atoms with Crippen LogP contribution in [0.2, 0.25) is 0 Å². The van der Waals surface area contributed by atoms with Crippen molar-refractivity contribution in [2.45, 2.75) is 142 Å². The second-order valence-corrected chi connectivity index (χ2v) is 13.7. The van der Waals surface area contributed by atoms with E-state index in [1.165, 1.54) is 6.42 Å². The summed E-state index contributed by atoms with van der Waals surface area (Å²) in [4.78, 5) is 27.2. The molecule has 2 rings (SSSR count). The van der Waals surface area contributed by atoms with E-state index in [0.29, 0.717) is 31.6 Å². The molecule has 1 aliphatic rings. The minimum absolute atomic E-state index is 0.188. The van der Waals surface area contributed by atoms with E-state index in [1.54, 1.807) is 0 Å². The van der Waals surface area contributed by atoms with Crippen molar-refractivity contribution in [3.8, 4) is 0 Å². The number of ether oxygens (including phenoxy) is 1. The molecule has 1 amide bonds. The smallest absolute Gasteiger partial charge is 0.324 e. The van der Waals surface area contributed by atoms with Gasteiger partial charge in [0.2, 0.25) is 5.91 Å². The maximum Gasteiger partial charge on any atom is 0.324 e. The molecular formula is C33H56N2O5. The summed E-state index contributed by atoms with van der Waals surface area (Å²) in [5.41, 5.74) is 0.308. The molecule has 0 aromatic heterocycles. The van der Waals surface area contributed by atoms with Crippen molar-refractivity contribution in [1.82, 2.24) is 10.6 Å². The van der Waals surface area contributed by atoms with Crippen molar-refractivity contribution in [2.24, 2.45) is 17.8 Å². The Morgan fingerprint density at radius 3 is 2.08 bits per heavy atom. The Morgan fingerprint density at radius 2 is 1.52 bits per heavy atom. The highest BCUT2D eigenvalue weighted by molar-refractivity contribution is 5.84. The van der Waals surface area contributed by atoms with E-state index in [-0.39, 0.29) is 17.7 Å². The van der Waals surface area contributed by atoms with Gasteiger partial charge in [0.1, 0.15) is 17.7 Å². The molecule has 1 saturated carbocycles. The Hall–Kier alpha value is -1.96. The minimum Gasteiger partial charge on any atom is -0.459 e. The van der Waals surface area contributed by atoms with E-state index in [2.05, 4.69) is 10.6 Å². The van der Waals surface area contributed by atoms with Gasteiger partial charge in [0, 0.05) is 0 Å². The first-order valence-electron chi connectivity index (χ1n) is 15.4. The Labute approximate surface area is 242 Å². The molecule has 1 aromatic carbocycles. The number of carbonyl (C=O) groups is 2. The van der Waals surface area contributed by atoms with Crippen molar-refractivity contribution >= 4 is 11.9 Å². The van der Waals surface area contributed by atoms with E-state index in [1.807, 2.05) is 78.8 Å². The Balaban J connectivity index is 2.28. The molecular weight excluding hydrogens is 504 g/mol. The summed E-state index contributed by atoms with van der Waals surface area (Å²) < 4.78 is 5.74. The highest BCUT2D eigenvalue weighted by Gasteiger charge is 2.35. The summed E-state index contributed by atoms with van der Waals surface area (Å²) >= 11 is 0. The Kier molecular flexibility index (Phi) is 14.1. The van der Waals surface area contributed by atoms with Crippen LogP contribution < -0.4 is 10.6 Å². The number of aliphatic hydroxyl groups excluding tert-OH is 2. The SMILES string of the molecule is CC(C)C[C@@H](N[C@@H](Cc1ccccc1)C(=O)OC(C)(C)C)C(=O)N[C@@H](CC1CCCCC1)[C@@H](O)[C@@H](O)CC(C)C. The molecule has 1 aliphatic carbocycles. The van der Waals surface area contributed by atoms with Crippen LogP contribution in [0, 0.1) is 17.8 Å². The Morgan fingerprint density at radius 1 is 0.925 bits per heavy atom. The highest BCUT2D eigenvalue weighted by Crippen LogP contribution is 2.29. The molecule has 1 aromatic rings. The van der Waals surface area contributed by atoms with Gasteiger partial charge in [0.25, 0.3) is 0 Å². The van der Waals surface area contributed by atoms with Gasteiger partial charge >= 0.3 is 5.97 Å². The lowest BCUT2D eigenvalue weighted by Crippen LogP contribution is -2.57. The quantitative estimate of drug-likeness (QED) is 0.221. The number of aliphatic hydroxyl groups is 2. The molecule has 1 fully saturated rings. The number of benzene rings is 1. The fourth-order valence-corrected chi connectivity index (χ4v) is 5.64. The van der Waals surface area contributed by atoms with Gasteiger partial charge in [0.05, 0.1) is 18.2 Å². The maximum absolute atomic E-state index is 13.9. The van der Waals surface area contributed by atoms with E-state index in [9.17, 15) is 19.8 Å². The van der Waals surface area contributed by atoms with Crippen molar-refractivity contribution in [3.63, 3.8) is 0 Å². The summed E-state index contributed by atoms with van der Waals surface area (Å²) in [7, 11) is 0. The largest absolute Gasteiger partial charge is 0.459 e. The van der Waals surface area contributed by atoms with E-state index in [4.69, 9.17) is 4.74 Å². The molecule has 0 heterocycles. The topological polar surface area (TPSA) is 108 Å². The van der Waals surface area contributed by atoms with Crippen LogP contribution in [0.4, 0.5) is 0 Å². The van der Waals surface area contributed by atoms with Gasteiger partial charge in [-0.05, 0) is 69.8 Å². The molecule has 7 nitrogen and oxygen atoms in total. The van der Waals surface area contributed by atoms with E-state index >= 15 is 0 Å². The fraction of sp³-hybridized carbons (Fsp3) is 0.758. The maximum atomic E-state index is 13.9. The average Bonchev–Trinajstić information content (AvgIpc) is 2.86. The molecule has 0 saturated heterocycles. The van der Waals surface area contributed by atoms with Gasteiger partial charge in [-0.3, -0.25) is 14.9 Å². The van der Waals surface area contributed by atoms with Crippen LogP contribution in [0.3, 0.4) is 0 Å². The van der Waals surface area contributed by atoms with Crippen molar-refractivity contribution in [2.75, 3.05) is 0 Å². The molecule has 5 atom stereocenters. The number of nitrogens with one attached hydrogen (secondary N) is 2. The standard InChI is InChI=1S/C33H56N2O5/c1-22(2)18-27(34-28(32(39)40-33(5,6)7)21-25-16-12-9-13-17-25)31(38)35-26(20-24-14-10-8-11-15-24)30(37)29(36)19-23(3)4/h9,12-13,16-17,22-24,26-30,34,36-37H,8,10-11,14-15,18-21H2,1-7H3,(H,35,38)/t26-,27+,28-,29-,30+/m0/s1. The van der Waals surface area contributed by atoms with E-state index < -0.39 is 41.9 Å². The summed E-state index contributed by atoms with van der Waals surface area (Å²) in [5.74, 6) is 0.158. The second kappa shape index (κ2) is 16.5. The van der Waals surface area contributed by atoms with Crippen molar-refractivity contribution in [3.05, 3.63) is 35.9 Å². The molecule has 0 aliphatic heterocycles. The lowest BCUT2D eigenvalue weighted by atomic mass is 9.82. The van der Waals surface area contributed by atoms with Crippen LogP contribution in [0.15, 0.2) is 30.3 Å². The third-order valence-electron chi connectivity index (χ3n) is 7.56. The van der Waals surface area contributed by atoms with Crippen LogP contribution in [-0.2, 0) is 20.7 Å². The first-order valence-corrected chi connectivity index (χ1v) is 15.4. The zero-order valence-electron chi connectivity index (χ0n) is 26.0. The number of hydrogen-bond acceptors (Lipinski definition) is 6. The Bertz CT molecular complexity index is 877. The molecule has 0 bridgehead atoms. The number of amides is 1. The second-order valence-electron chi connectivity index (χ2n) is 13.7. The number of rotatable bonds is 15. The van der Waals surface area contributed by atoms with Crippen molar-refractivity contribution < 1.29 is 24.5 Å². The van der Waals surface area contributed by atoms with Crippen LogP contribution in [-0.4, -0.2) is 58.0 Å². The van der Waals surface area contributed by atoms with Crippen LogP contribution in [0.25, 0.3) is 0 Å². The van der Waals surface area contributed by atoms with Crippen LogP contribution in [0.5, 0.6) is 0 Å². The summed E-state index contributed by atoms with van der Waals surface area (Å²) in [6.07, 6.45) is 5.71. The van der Waals surface area contributed by atoms with Crippen LogP contribution >= 0.6 is 0 Å². The number of carbonyl (C=O) groups excluding carboxylic acids is 2. The van der Waals surface area contributed by atoms with Gasteiger partial charge in [-0.2, -0.15) is 0 Å². The fourth-order valence-electron chi connectivity index (χ4n) is 5.64. The summed E-state index contributed by atoms with van der Waals surface area (Å²) in [6.45, 7) is 13.6. The first-order chi connectivity index (χ1) is 18.7. The average molecular weight is 561 g/mol. The van der Waals surface area contributed by atoms with Gasteiger partial charge in [-0.1, -0.05) is 90.1 Å². The highest BCUT2D eigenvalue weighted by atomic mass is 16.6. The predicted octanol–water partition coefficient (Wildman–Crippen LogP) is 5.17. The monoisotopic (exact) mass is 560 g/mol. The lowest BCUT2D eigenvalue weighted by molar-refractivity contribution is -0.157. The van der Waals surface area contributed by atoms with Gasteiger partial charge in [-0.25, -0.2) is 0 Å². The summed E-state index contributed by atoms with van der Waals surface area (Å²) in [6, 6.07) is 7.77. The molecule has 0 unspecified atom stereocenters. The summed E-state index contributed by atoms with van der Waals surface area (Å²) in [5, 5.41) is 28.5. The lowest BCUT2D eigenvalue weighted by Gasteiger charge is -2.34. The van der Waals surface area contributed by atoms with Gasteiger partial charge in [-0.15, -0.1) is 0 Å². The van der Waals surface area contributed by atoms with Gasteiger partial charge < -0.3 is 20.3 Å². The minimum atomic E-state index is -1.06. The molecule has 0 radical (unpaired) electrons. The van der Waals surface area contributed by atoms with E-state index in [0.717, 1.165) is 31.2 Å².